The normalized spacial score (nSPS) is 11.3. The molecule has 0 radical (unpaired) electrons. The first-order valence-corrected chi connectivity index (χ1v) is 13.3. The maximum Gasteiger partial charge on any atom is 0.264 e. The van der Waals surface area contributed by atoms with Crippen LogP contribution in [0, 0.1) is 5.82 Å². The number of carbonyl (C=O) groups excluding carboxylic acids is 1. The van der Waals surface area contributed by atoms with Gasteiger partial charge in [-0.3, -0.25) is 9.10 Å². The summed E-state index contributed by atoms with van der Waals surface area (Å²) >= 11 is 6.14. The highest BCUT2D eigenvalue weighted by molar-refractivity contribution is 7.92. The zero-order valence-corrected chi connectivity index (χ0v) is 21.6. The second-order valence-electron chi connectivity index (χ2n) is 8.04. The number of hydrazone groups is 1. The Balaban J connectivity index is 1.39. The number of halogens is 2. The summed E-state index contributed by atoms with van der Waals surface area (Å²) in [4.78, 5) is 12.6. The first kappa shape index (κ1) is 26.8. The maximum atomic E-state index is 13.4. The molecule has 0 fully saturated rings. The number of amides is 1. The summed E-state index contributed by atoms with van der Waals surface area (Å²) in [7, 11) is -4.10. The lowest BCUT2D eigenvalue weighted by Crippen LogP contribution is -2.39. The number of benzene rings is 4. The summed E-state index contributed by atoms with van der Waals surface area (Å²) in [6.07, 6.45) is 1.42. The third kappa shape index (κ3) is 6.96. The zero-order chi connectivity index (χ0) is 27.0. The Morgan fingerprint density at radius 2 is 1.58 bits per heavy atom. The SMILES string of the molecule is O=C(CN(c1ccc(F)cc1)S(=O)(=O)c1ccccc1)N/N=C\c1ccc(OCc2ccccc2Cl)cc1. The fourth-order valence-corrected chi connectivity index (χ4v) is 5.05. The molecule has 0 saturated heterocycles. The molecule has 7 nitrogen and oxygen atoms in total. The number of nitrogens with one attached hydrogen (secondary N) is 1. The van der Waals surface area contributed by atoms with Crippen LogP contribution in [0.1, 0.15) is 11.1 Å². The van der Waals surface area contributed by atoms with Crippen molar-refractivity contribution in [3.05, 3.63) is 125 Å². The first-order chi connectivity index (χ1) is 18.3. The van der Waals surface area contributed by atoms with E-state index in [0.29, 0.717) is 22.9 Å². The van der Waals surface area contributed by atoms with E-state index in [4.69, 9.17) is 16.3 Å². The number of hydrogen-bond acceptors (Lipinski definition) is 5. The van der Waals surface area contributed by atoms with E-state index < -0.39 is 28.3 Å². The van der Waals surface area contributed by atoms with Crippen molar-refractivity contribution in [2.75, 3.05) is 10.8 Å². The Kier molecular flexibility index (Phi) is 8.73. The van der Waals surface area contributed by atoms with Crippen LogP contribution in [0.4, 0.5) is 10.1 Å². The lowest BCUT2D eigenvalue weighted by atomic mass is 10.2. The van der Waals surface area contributed by atoms with Crippen molar-refractivity contribution >= 4 is 39.4 Å². The average molecular weight is 552 g/mol. The van der Waals surface area contributed by atoms with Gasteiger partial charge in [-0.25, -0.2) is 18.2 Å². The topological polar surface area (TPSA) is 88.1 Å². The number of nitrogens with zero attached hydrogens (tertiary/aromatic N) is 2. The molecule has 4 aromatic rings. The van der Waals surface area contributed by atoms with Crippen molar-refractivity contribution in [3.63, 3.8) is 0 Å². The van der Waals surface area contributed by atoms with E-state index in [9.17, 15) is 17.6 Å². The lowest BCUT2D eigenvalue weighted by molar-refractivity contribution is -0.119. The second kappa shape index (κ2) is 12.4. The zero-order valence-electron chi connectivity index (χ0n) is 20.0. The molecule has 0 bridgehead atoms. The van der Waals surface area contributed by atoms with E-state index in [2.05, 4.69) is 10.5 Å². The Hall–Kier alpha value is -4.21. The van der Waals surface area contributed by atoms with Crippen LogP contribution in [0.3, 0.4) is 0 Å². The largest absolute Gasteiger partial charge is 0.489 e. The van der Waals surface area contributed by atoms with Crippen LogP contribution in [-0.4, -0.2) is 27.1 Å². The van der Waals surface area contributed by atoms with Crippen LogP contribution in [0.5, 0.6) is 5.75 Å². The fraction of sp³-hybridized carbons (Fsp3) is 0.0714. The number of ether oxygens (including phenoxy) is 1. The second-order valence-corrected chi connectivity index (χ2v) is 10.3. The molecule has 0 spiro atoms. The quantitative estimate of drug-likeness (QED) is 0.211. The van der Waals surface area contributed by atoms with Gasteiger partial charge in [0, 0.05) is 10.6 Å². The molecular weight excluding hydrogens is 529 g/mol. The molecule has 0 aliphatic carbocycles. The standard InChI is InChI=1S/C28H23ClFN3O4S/c29-27-9-5-4-6-22(27)20-37-25-16-10-21(11-17-25)18-31-32-28(34)19-33(24-14-12-23(30)13-15-24)38(35,36)26-7-2-1-3-8-26/h1-18H,19-20H2,(H,32,34)/b31-18-. The molecule has 4 aromatic carbocycles. The molecule has 0 aliphatic heterocycles. The summed E-state index contributed by atoms with van der Waals surface area (Å²) < 4.78 is 46.6. The molecule has 1 amide bonds. The van der Waals surface area contributed by atoms with Crippen LogP contribution in [0.25, 0.3) is 0 Å². The van der Waals surface area contributed by atoms with Gasteiger partial charge in [0.2, 0.25) is 0 Å². The third-order valence-corrected chi connectivity index (χ3v) is 7.52. The lowest BCUT2D eigenvalue weighted by Gasteiger charge is -2.23. The van der Waals surface area contributed by atoms with Crippen LogP contribution >= 0.6 is 11.6 Å². The summed E-state index contributed by atoms with van der Waals surface area (Å²) in [6.45, 7) is -0.241. The van der Waals surface area contributed by atoms with Gasteiger partial charge in [-0.1, -0.05) is 48.0 Å². The van der Waals surface area contributed by atoms with E-state index in [-0.39, 0.29) is 10.6 Å². The minimum absolute atomic E-state index is 0.00234. The number of anilines is 1. The van der Waals surface area contributed by atoms with E-state index in [1.807, 2.05) is 18.2 Å². The van der Waals surface area contributed by atoms with Crippen molar-refractivity contribution in [1.29, 1.82) is 0 Å². The highest BCUT2D eigenvalue weighted by atomic mass is 35.5. The van der Waals surface area contributed by atoms with E-state index in [1.165, 1.54) is 30.5 Å². The summed E-state index contributed by atoms with van der Waals surface area (Å²) in [5.41, 5.74) is 4.03. The summed E-state index contributed by atoms with van der Waals surface area (Å²) in [5.74, 6) is -0.572. The number of carbonyl (C=O) groups is 1. The Labute approximate surface area is 225 Å². The van der Waals surface area contributed by atoms with E-state index >= 15 is 0 Å². The van der Waals surface area contributed by atoms with Gasteiger partial charge in [0.25, 0.3) is 15.9 Å². The average Bonchev–Trinajstić information content (AvgIpc) is 2.93. The van der Waals surface area contributed by atoms with Crippen LogP contribution < -0.4 is 14.5 Å². The Bertz CT molecular complexity index is 1510. The molecule has 0 atom stereocenters. The molecule has 0 aliphatic rings. The van der Waals surface area contributed by atoms with Gasteiger partial charge >= 0.3 is 0 Å². The smallest absolute Gasteiger partial charge is 0.264 e. The van der Waals surface area contributed by atoms with Gasteiger partial charge in [-0.05, 0) is 72.3 Å². The van der Waals surface area contributed by atoms with Crippen molar-refractivity contribution in [2.45, 2.75) is 11.5 Å². The van der Waals surface area contributed by atoms with Gasteiger partial charge < -0.3 is 4.74 Å². The molecule has 0 heterocycles. The molecule has 0 aromatic heterocycles. The van der Waals surface area contributed by atoms with Crippen molar-refractivity contribution < 1.29 is 22.3 Å². The predicted octanol–water partition coefficient (Wildman–Crippen LogP) is 5.40. The number of hydrogen-bond donors (Lipinski definition) is 1. The van der Waals surface area contributed by atoms with E-state index in [0.717, 1.165) is 22.0 Å². The van der Waals surface area contributed by atoms with Crippen LogP contribution in [0.15, 0.2) is 113 Å². The number of rotatable bonds is 10. The highest BCUT2D eigenvalue weighted by Gasteiger charge is 2.27. The van der Waals surface area contributed by atoms with Gasteiger partial charge in [0.15, 0.2) is 0 Å². The third-order valence-electron chi connectivity index (χ3n) is 5.37. The molecule has 0 unspecified atom stereocenters. The monoisotopic (exact) mass is 551 g/mol. The van der Waals surface area contributed by atoms with Crippen molar-refractivity contribution in [3.8, 4) is 5.75 Å². The molecular formula is C28H23ClFN3O4S. The van der Waals surface area contributed by atoms with Crippen LogP contribution in [0.2, 0.25) is 5.02 Å². The Morgan fingerprint density at radius 1 is 0.921 bits per heavy atom. The highest BCUT2D eigenvalue weighted by Crippen LogP contribution is 2.24. The molecule has 0 saturated carbocycles. The van der Waals surface area contributed by atoms with Crippen molar-refractivity contribution in [1.82, 2.24) is 5.43 Å². The van der Waals surface area contributed by atoms with Gasteiger partial charge in [-0.15, -0.1) is 0 Å². The Morgan fingerprint density at radius 3 is 2.26 bits per heavy atom. The first-order valence-electron chi connectivity index (χ1n) is 11.4. The van der Waals surface area contributed by atoms with E-state index in [1.54, 1.807) is 48.5 Å². The minimum atomic E-state index is -4.10. The molecule has 194 valence electrons. The summed E-state index contributed by atoms with van der Waals surface area (Å²) in [6, 6.07) is 26.9. The maximum absolute atomic E-state index is 13.4. The van der Waals surface area contributed by atoms with Crippen LogP contribution in [-0.2, 0) is 21.4 Å². The molecule has 38 heavy (non-hydrogen) atoms. The van der Waals surface area contributed by atoms with Gasteiger partial charge in [0.1, 0.15) is 24.7 Å². The van der Waals surface area contributed by atoms with Gasteiger partial charge in [0.05, 0.1) is 16.8 Å². The summed E-state index contributed by atoms with van der Waals surface area (Å²) in [5, 5.41) is 4.55. The minimum Gasteiger partial charge on any atom is -0.489 e. The molecule has 10 heteroatoms. The fourth-order valence-electron chi connectivity index (χ4n) is 3.41. The predicted molar refractivity (Wildman–Crippen MR) is 145 cm³/mol. The molecule has 1 N–H and O–H groups in total. The molecule has 4 rings (SSSR count). The van der Waals surface area contributed by atoms with Gasteiger partial charge in [-0.2, -0.15) is 5.10 Å². The van der Waals surface area contributed by atoms with Crippen molar-refractivity contribution in [2.24, 2.45) is 5.10 Å². The number of sulfonamides is 1.